The SMILES string of the molecule is O=[N+]([O-])c1cc(C2CCCN2c2cc(F)c(N3C[C@H]4CC[C@H]4C3)c(F)c2)ccc1Cl. The van der Waals surface area contributed by atoms with Crippen LogP contribution in [0.3, 0.4) is 0 Å². The smallest absolute Gasteiger partial charge is 0.288 e. The fourth-order valence-corrected chi connectivity index (χ4v) is 5.45. The van der Waals surface area contributed by atoms with Gasteiger partial charge in [-0.2, -0.15) is 0 Å². The van der Waals surface area contributed by atoms with Gasteiger partial charge in [-0.25, -0.2) is 8.78 Å². The Balaban J connectivity index is 1.45. The molecule has 0 aromatic heterocycles. The molecule has 2 saturated heterocycles. The summed E-state index contributed by atoms with van der Waals surface area (Å²) < 4.78 is 30.1. The number of benzene rings is 2. The van der Waals surface area contributed by atoms with Crippen molar-refractivity contribution in [2.75, 3.05) is 29.4 Å². The summed E-state index contributed by atoms with van der Waals surface area (Å²) in [6, 6.07) is 7.35. The van der Waals surface area contributed by atoms with Gasteiger partial charge in [-0.05, 0) is 61.3 Å². The lowest BCUT2D eigenvalue weighted by molar-refractivity contribution is -0.384. The van der Waals surface area contributed by atoms with E-state index in [2.05, 4.69) is 0 Å². The highest BCUT2D eigenvalue weighted by atomic mass is 35.5. The third kappa shape index (κ3) is 3.20. The topological polar surface area (TPSA) is 49.6 Å². The van der Waals surface area contributed by atoms with Gasteiger partial charge >= 0.3 is 0 Å². The molecule has 2 aromatic rings. The summed E-state index contributed by atoms with van der Waals surface area (Å²) in [5, 5.41) is 11.3. The summed E-state index contributed by atoms with van der Waals surface area (Å²) in [5.74, 6) is 0.0392. The Morgan fingerprint density at radius 2 is 1.70 bits per heavy atom. The zero-order chi connectivity index (χ0) is 21.0. The van der Waals surface area contributed by atoms with Crippen molar-refractivity contribution < 1.29 is 13.7 Å². The first-order valence-electron chi connectivity index (χ1n) is 10.4. The second-order valence-corrected chi connectivity index (χ2v) is 8.99. The molecule has 1 aliphatic carbocycles. The Labute approximate surface area is 178 Å². The number of nitro benzene ring substituents is 1. The number of rotatable bonds is 4. The lowest BCUT2D eigenvalue weighted by Gasteiger charge is -2.28. The molecule has 0 amide bonds. The molecule has 8 heteroatoms. The van der Waals surface area contributed by atoms with E-state index in [9.17, 15) is 10.1 Å². The average molecular weight is 434 g/mol. The van der Waals surface area contributed by atoms with E-state index < -0.39 is 16.6 Å². The van der Waals surface area contributed by atoms with Crippen LogP contribution in [-0.2, 0) is 0 Å². The molecule has 1 saturated carbocycles. The van der Waals surface area contributed by atoms with E-state index >= 15 is 8.78 Å². The van der Waals surface area contributed by atoms with Crippen molar-refractivity contribution in [3.63, 3.8) is 0 Å². The Kier molecular flexibility index (Phi) is 4.81. The van der Waals surface area contributed by atoms with Crippen molar-refractivity contribution >= 4 is 28.7 Å². The minimum Gasteiger partial charge on any atom is -0.366 e. The van der Waals surface area contributed by atoms with Gasteiger partial charge < -0.3 is 9.80 Å². The third-order valence-electron chi connectivity index (χ3n) is 6.94. The molecule has 0 radical (unpaired) electrons. The van der Waals surface area contributed by atoms with E-state index in [1.54, 1.807) is 6.07 Å². The van der Waals surface area contributed by atoms with Crippen molar-refractivity contribution in [1.29, 1.82) is 0 Å². The number of fused-ring (bicyclic) bond motifs is 1. The summed E-state index contributed by atoms with van der Waals surface area (Å²) in [6.45, 7) is 2.07. The maximum atomic E-state index is 15.0. The van der Waals surface area contributed by atoms with E-state index in [0.717, 1.165) is 44.3 Å². The Morgan fingerprint density at radius 1 is 1.03 bits per heavy atom. The molecule has 0 bridgehead atoms. The molecule has 158 valence electrons. The van der Waals surface area contributed by atoms with E-state index in [4.69, 9.17) is 11.6 Å². The van der Waals surface area contributed by atoms with Gasteiger partial charge in [0.15, 0.2) is 11.6 Å². The maximum Gasteiger partial charge on any atom is 0.288 e. The van der Waals surface area contributed by atoms with Gasteiger partial charge in [0.25, 0.3) is 5.69 Å². The molecule has 5 nitrogen and oxygen atoms in total. The summed E-state index contributed by atoms with van der Waals surface area (Å²) in [4.78, 5) is 14.5. The molecule has 2 heterocycles. The highest BCUT2D eigenvalue weighted by molar-refractivity contribution is 6.32. The van der Waals surface area contributed by atoms with Crippen LogP contribution in [-0.4, -0.2) is 24.6 Å². The predicted molar refractivity (Wildman–Crippen MR) is 112 cm³/mol. The van der Waals surface area contributed by atoms with Crippen LogP contribution in [0, 0.1) is 33.6 Å². The van der Waals surface area contributed by atoms with Gasteiger partial charge in [0.05, 0.1) is 11.0 Å². The van der Waals surface area contributed by atoms with Crippen LogP contribution in [0.4, 0.5) is 25.8 Å². The van der Waals surface area contributed by atoms with Crippen LogP contribution >= 0.6 is 11.6 Å². The molecule has 5 rings (SSSR count). The van der Waals surface area contributed by atoms with Crippen LogP contribution in [0.1, 0.15) is 37.3 Å². The van der Waals surface area contributed by atoms with Crippen molar-refractivity contribution in [2.24, 2.45) is 11.8 Å². The number of halogens is 3. The Bertz CT molecular complexity index is 983. The molecule has 2 aromatic carbocycles. The minimum absolute atomic E-state index is 0.0750. The van der Waals surface area contributed by atoms with Crippen LogP contribution < -0.4 is 9.80 Å². The normalized spacial score (nSPS) is 25.4. The van der Waals surface area contributed by atoms with Crippen LogP contribution in [0.15, 0.2) is 30.3 Å². The fraction of sp³-hybridized carbons (Fsp3) is 0.455. The molecule has 3 aliphatic rings. The number of nitro groups is 1. The largest absolute Gasteiger partial charge is 0.366 e. The van der Waals surface area contributed by atoms with E-state index in [1.165, 1.54) is 24.3 Å². The first kappa shape index (κ1) is 19.5. The molecule has 1 unspecified atom stereocenters. The first-order chi connectivity index (χ1) is 14.4. The number of anilines is 2. The third-order valence-corrected chi connectivity index (χ3v) is 7.26. The number of hydrogen-bond donors (Lipinski definition) is 0. The highest BCUT2D eigenvalue weighted by Gasteiger charge is 2.41. The van der Waals surface area contributed by atoms with Crippen molar-refractivity contribution in [3.05, 3.63) is 62.7 Å². The summed E-state index contributed by atoms with van der Waals surface area (Å²) >= 11 is 5.94. The highest BCUT2D eigenvalue weighted by Crippen LogP contribution is 2.45. The fourth-order valence-electron chi connectivity index (χ4n) is 5.26. The standard InChI is InChI=1S/C22H22ClF2N3O2/c23-17-6-5-13(8-21(17)28(29)30)20-2-1-7-27(20)16-9-18(24)22(19(25)10-16)26-11-14-3-4-15(14)12-26/h5-6,8-10,14-15,20H,1-4,7,11-12H2/t14-,15+,20?. The number of hydrogen-bond acceptors (Lipinski definition) is 4. The second-order valence-electron chi connectivity index (χ2n) is 8.58. The summed E-state index contributed by atoms with van der Waals surface area (Å²) in [5.41, 5.74) is 1.11. The Morgan fingerprint density at radius 3 is 2.30 bits per heavy atom. The average Bonchev–Trinajstić information content (AvgIpc) is 3.27. The molecule has 30 heavy (non-hydrogen) atoms. The van der Waals surface area contributed by atoms with Gasteiger partial charge in [-0.1, -0.05) is 17.7 Å². The maximum absolute atomic E-state index is 15.0. The lowest BCUT2D eigenvalue weighted by atomic mass is 9.77. The second kappa shape index (κ2) is 7.38. The zero-order valence-corrected chi connectivity index (χ0v) is 17.1. The van der Waals surface area contributed by atoms with Crippen LogP contribution in [0.25, 0.3) is 0 Å². The van der Waals surface area contributed by atoms with E-state index in [-0.39, 0.29) is 22.4 Å². The number of nitrogens with zero attached hydrogens (tertiary/aromatic N) is 3. The van der Waals surface area contributed by atoms with Gasteiger partial charge in [-0.15, -0.1) is 0 Å². The summed E-state index contributed by atoms with van der Waals surface area (Å²) in [6.07, 6.45) is 3.87. The van der Waals surface area contributed by atoms with Gasteiger partial charge in [0.1, 0.15) is 10.7 Å². The molecule has 0 N–H and O–H groups in total. The van der Waals surface area contributed by atoms with Crippen molar-refractivity contribution in [2.45, 2.75) is 31.7 Å². The quantitative estimate of drug-likeness (QED) is 0.457. The monoisotopic (exact) mass is 433 g/mol. The van der Waals surface area contributed by atoms with Crippen LogP contribution in [0.2, 0.25) is 5.02 Å². The van der Waals surface area contributed by atoms with Crippen molar-refractivity contribution in [1.82, 2.24) is 0 Å². The predicted octanol–water partition coefficient (Wildman–Crippen LogP) is 5.71. The van der Waals surface area contributed by atoms with Gasteiger partial charge in [0.2, 0.25) is 0 Å². The Hall–Kier alpha value is -2.41. The molecular weight excluding hydrogens is 412 g/mol. The van der Waals surface area contributed by atoms with Crippen molar-refractivity contribution in [3.8, 4) is 0 Å². The summed E-state index contributed by atoms with van der Waals surface area (Å²) in [7, 11) is 0. The van der Waals surface area contributed by atoms with Gasteiger partial charge in [-0.3, -0.25) is 10.1 Å². The van der Waals surface area contributed by atoms with E-state index in [0.29, 0.717) is 24.1 Å². The molecule has 3 atom stereocenters. The molecule has 3 fully saturated rings. The molecule has 2 aliphatic heterocycles. The van der Waals surface area contributed by atoms with E-state index in [1.807, 2.05) is 9.80 Å². The first-order valence-corrected chi connectivity index (χ1v) is 10.7. The van der Waals surface area contributed by atoms with Gasteiger partial charge in [0, 0.05) is 31.4 Å². The molecule has 0 spiro atoms. The minimum atomic E-state index is -0.543. The van der Waals surface area contributed by atoms with Crippen LogP contribution in [0.5, 0.6) is 0 Å². The molecular formula is C22H22ClF2N3O2. The zero-order valence-electron chi connectivity index (χ0n) is 16.4. The lowest BCUT2D eigenvalue weighted by Crippen LogP contribution is -2.25.